The molecule has 5 nitrogen and oxygen atoms in total. The third-order valence-corrected chi connectivity index (χ3v) is 3.95. The molecule has 0 fully saturated rings. The molecule has 0 bridgehead atoms. The summed E-state index contributed by atoms with van der Waals surface area (Å²) in [7, 11) is 0. The van der Waals surface area contributed by atoms with E-state index in [0.717, 1.165) is 10.9 Å². The van der Waals surface area contributed by atoms with Gasteiger partial charge >= 0.3 is 5.97 Å². The van der Waals surface area contributed by atoms with Crippen LogP contribution in [0.1, 0.15) is 28.8 Å². The molecule has 0 aliphatic heterocycles. The van der Waals surface area contributed by atoms with Gasteiger partial charge in [0.25, 0.3) is 0 Å². The number of phenolic OH excluding ortho intramolecular Hbond substituents is 1. The molecule has 1 aromatic heterocycles. The summed E-state index contributed by atoms with van der Waals surface area (Å²) in [5.74, 6) is -0.835. The number of phenols is 1. The first-order valence-electron chi connectivity index (χ1n) is 7.69. The van der Waals surface area contributed by atoms with E-state index < -0.39 is 5.97 Å². The fourth-order valence-electron chi connectivity index (χ4n) is 2.78. The zero-order valence-electron chi connectivity index (χ0n) is 13.0. The highest BCUT2D eigenvalue weighted by Crippen LogP contribution is 2.25. The van der Waals surface area contributed by atoms with E-state index in [2.05, 4.69) is 0 Å². The Kier molecular flexibility index (Phi) is 4.33. The molecule has 3 rings (SSSR count). The lowest BCUT2D eigenvalue weighted by Crippen LogP contribution is -2.02. The van der Waals surface area contributed by atoms with Crippen LogP contribution in [0.2, 0.25) is 0 Å². The average molecular weight is 323 g/mol. The monoisotopic (exact) mass is 323 g/mol. The highest BCUT2D eigenvalue weighted by molar-refractivity contribution is 6.16. The Morgan fingerprint density at radius 3 is 2.42 bits per heavy atom. The Balaban J connectivity index is 1.97. The molecule has 5 heteroatoms. The normalized spacial score (nSPS) is 10.8. The lowest BCUT2D eigenvalue weighted by atomic mass is 10.0. The predicted octanol–water partition coefficient (Wildman–Crippen LogP) is 3.44. The largest absolute Gasteiger partial charge is 0.508 e. The minimum absolute atomic E-state index is 0.0910. The van der Waals surface area contributed by atoms with Gasteiger partial charge in [-0.2, -0.15) is 0 Å². The second-order valence-electron chi connectivity index (χ2n) is 5.63. The van der Waals surface area contributed by atoms with Crippen LogP contribution in [0, 0.1) is 0 Å². The molecule has 0 atom stereocenters. The van der Waals surface area contributed by atoms with Crippen LogP contribution in [0.4, 0.5) is 0 Å². The number of benzene rings is 2. The molecular weight excluding hydrogens is 306 g/mol. The maximum Gasteiger partial charge on any atom is 0.303 e. The van der Waals surface area contributed by atoms with Crippen LogP contribution < -0.4 is 0 Å². The molecule has 0 unspecified atom stereocenters. The van der Waals surface area contributed by atoms with Gasteiger partial charge in [-0.1, -0.05) is 18.2 Å². The van der Waals surface area contributed by atoms with E-state index in [1.165, 1.54) is 12.1 Å². The van der Waals surface area contributed by atoms with E-state index in [1.54, 1.807) is 18.3 Å². The van der Waals surface area contributed by atoms with E-state index in [-0.39, 0.29) is 18.0 Å². The first-order chi connectivity index (χ1) is 11.6. The number of hydrogen-bond donors (Lipinski definition) is 2. The Labute approximate surface area is 138 Å². The first-order valence-corrected chi connectivity index (χ1v) is 7.69. The van der Waals surface area contributed by atoms with Crippen molar-refractivity contribution in [2.45, 2.75) is 19.4 Å². The summed E-state index contributed by atoms with van der Waals surface area (Å²) in [5, 5.41) is 19.0. The van der Waals surface area contributed by atoms with Crippen LogP contribution >= 0.6 is 0 Å². The van der Waals surface area contributed by atoms with Crippen molar-refractivity contribution in [3.05, 3.63) is 65.9 Å². The van der Waals surface area contributed by atoms with Crippen molar-refractivity contribution >= 4 is 22.7 Å². The SMILES string of the molecule is O=C(O)CCCn1cc(C(=O)c2ccc(O)cc2)c2ccccc21. The van der Waals surface area contributed by atoms with Crippen LogP contribution in [-0.4, -0.2) is 26.5 Å². The van der Waals surface area contributed by atoms with Crippen molar-refractivity contribution in [1.82, 2.24) is 4.57 Å². The zero-order valence-corrected chi connectivity index (χ0v) is 13.0. The van der Waals surface area contributed by atoms with Crippen molar-refractivity contribution in [2.24, 2.45) is 0 Å². The number of para-hydroxylation sites is 1. The number of nitrogens with zero attached hydrogens (tertiary/aromatic N) is 1. The second kappa shape index (κ2) is 6.58. The van der Waals surface area contributed by atoms with Crippen LogP contribution in [0.15, 0.2) is 54.7 Å². The molecule has 0 saturated carbocycles. The van der Waals surface area contributed by atoms with Crippen molar-refractivity contribution in [1.29, 1.82) is 0 Å². The third kappa shape index (κ3) is 3.15. The number of rotatable bonds is 6. The van der Waals surface area contributed by atoms with Gasteiger partial charge in [-0.05, 0) is 36.8 Å². The highest BCUT2D eigenvalue weighted by Gasteiger charge is 2.16. The number of carbonyl (C=O) groups is 2. The average Bonchev–Trinajstić information content (AvgIpc) is 2.94. The van der Waals surface area contributed by atoms with Crippen LogP contribution in [-0.2, 0) is 11.3 Å². The van der Waals surface area contributed by atoms with Crippen LogP contribution in [0.5, 0.6) is 5.75 Å². The lowest BCUT2D eigenvalue weighted by molar-refractivity contribution is -0.137. The lowest BCUT2D eigenvalue weighted by Gasteiger charge is -2.03. The second-order valence-corrected chi connectivity index (χ2v) is 5.63. The summed E-state index contributed by atoms with van der Waals surface area (Å²) >= 11 is 0. The third-order valence-electron chi connectivity index (χ3n) is 3.95. The molecule has 0 saturated heterocycles. The fourth-order valence-corrected chi connectivity index (χ4v) is 2.78. The molecule has 0 radical (unpaired) electrons. The van der Waals surface area contributed by atoms with Gasteiger partial charge in [0.2, 0.25) is 0 Å². The maximum absolute atomic E-state index is 12.8. The van der Waals surface area contributed by atoms with Gasteiger partial charge in [-0.3, -0.25) is 9.59 Å². The number of aromatic hydroxyl groups is 1. The molecule has 122 valence electrons. The smallest absolute Gasteiger partial charge is 0.303 e. The molecule has 24 heavy (non-hydrogen) atoms. The quantitative estimate of drug-likeness (QED) is 0.681. The molecule has 0 aliphatic carbocycles. The summed E-state index contributed by atoms with van der Waals surface area (Å²) in [4.78, 5) is 23.5. The van der Waals surface area contributed by atoms with Crippen LogP contribution in [0.3, 0.4) is 0 Å². The van der Waals surface area contributed by atoms with Gasteiger partial charge in [-0.15, -0.1) is 0 Å². The summed E-state index contributed by atoms with van der Waals surface area (Å²) < 4.78 is 1.92. The predicted molar refractivity (Wildman–Crippen MR) is 90.3 cm³/mol. The number of ketones is 1. The van der Waals surface area contributed by atoms with E-state index >= 15 is 0 Å². The molecule has 0 spiro atoms. The van der Waals surface area contributed by atoms with Crippen LogP contribution in [0.25, 0.3) is 10.9 Å². The Morgan fingerprint density at radius 1 is 1.00 bits per heavy atom. The standard InChI is InChI=1S/C19H17NO4/c21-14-9-7-13(8-10-14)19(24)16-12-20(11-3-6-18(22)23)17-5-2-1-4-15(16)17/h1-2,4-5,7-10,12,21H,3,6,11H2,(H,22,23). The number of carboxylic acid groups (broad SMARTS) is 1. The van der Waals surface area contributed by atoms with Gasteiger partial charge in [0.15, 0.2) is 5.78 Å². The van der Waals surface area contributed by atoms with Crippen molar-refractivity contribution < 1.29 is 19.8 Å². The molecule has 0 aliphatic rings. The number of aliphatic carboxylic acids is 1. The van der Waals surface area contributed by atoms with Gasteiger partial charge in [-0.25, -0.2) is 0 Å². The van der Waals surface area contributed by atoms with Gasteiger partial charge in [0, 0.05) is 41.2 Å². The highest BCUT2D eigenvalue weighted by atomic mass is 16.4. The molecular formula is C19H17NO4. The Bertz CT molecular complexity index is 893. The van der Waals surface area contributed by atoms with E-state index in [1.807, 2.05) is 28.8 Å². The van der Waals surface area contributed by atoms with E-state index in [4.69, 9.17) is 5.11 Å². The number of fused-ring (bicyclic) bond motifs is 1. The minimum Gasteiger partial charge on any atom is -0.508 e. The summed E-state index contributed by atoms with van der Waals surface area (Å²) in [6, 6.07) is 13.7. The summed E-state index contributed by atoms with van der Waals surface area (Å²) in [6.07, 6.45) is 2.37. The number of carbonyl (C=O) groups excluding carboxylic acids is 1. The number of aromatic nitrogens is 1. The fraction of sp³-hybridized carbons (Fsp3) is 0.158. The maximum atomic E-state index is 12.8. The number of carboxylic acids is 1. The Morgan fingerprint density at radius 2 is 1.71 bits per heavy atom. The van der Waals surface area contributed by atoms with Crippen molar-refractivity contribution in [3.8, 4) is 5.75 Å². The summed E-state index contributed by atoms with van der Waals surface area (Å²) in [6.45, 7) is 0.537. The van der Waals surface area contributed by atoms with Gasteiger partial charge < -0.3 is 14.8 Å². The molecule has 2 N–H and O–H groups in total. The summed E-state index contributed by atoms with van der Waals surface area (Å²) in [5.41, 5.74) is 1.98. The van der Waals surface area contributed by atoms with Crippen molar-refractivity contribution in [3.63, 3.8) is 0 Å². The molecule has 0 amide bonds. The zero-order chi connectivity index (χ0) is 17.1. The van der Waals surface area contributed by atoms with E-state index in [0.29, 0.717) is 24.1 Å². The Hall–Kier alpha value is -3.08. The number of aryl methyl sites for hydroxylation is 1. The topological polar surface area (TPSA) is 79.5 Å². The first kappa shape index (κ1) is 15.8. The van der Waals surface area contributed by atoms with E-state index in [9.17, 15) is 14.7 Å². The minimum atomic E-state index is -0.827. The van der Waals surface area contributed by atoms with Gasteiger partial charge in [0.1, 0.15) is 5.75 Å². The molecule has 1 heterocycles. The molecule has 3 aromatic rings. The molecule has 2 aromatic carbocycles. The number of hydrogen-bond acceptors (Lipinski definition) is 3. The van der Waals surface area contributed by atoms with Gasteiger partial charge in [0.05, 0.1) is 0 Å². The van der Waals surface area contributed by atoms with Crippen molar-refractivity contribution in [2.75, 3.05) is 0 Å².